The number of hydrogen-bond acceptors (Lipinski definition) is 1. The zero-order valence-electron chi connectivity index (χ0n) is 9.35. The van der Waals surface area contributed by atoms with Crippen LogP contribution in [0.15, 0.2) is 54.6 Å². The third kappa shape index (κ3) is 1.17. The highest BCUT2D eigenvalue weighted by atomic mass is 14.8. The van der Waals surface area contributed by atoms with Crippen molar-refractivity contribution >= 4 is 0 Å². The molecule has 1 aromatic carbocycles. The van der Waals surface area contributed by atoms with Crippen LogP contribution in [0.5, 0.6) is 0 Å². The van der Waals surface area contributed by atoms with Gasteiger partial charge in [0.1, 0.15) is 0 Å². The van der Waals surface area contributed by atoms with E-state index in [4.69, 9.17) is 4.98 Å². The van der Waals surface area contributed by atoms with Gasteiger partial charge < -0.3 is 0 Å². The zero-order chi connectivity index (χ0) is 11.2. The van der Waals surface area contributed by atoms with Gasteiger partial charge >= 0.3 is 0 Å². The monoisotopic (exact) mass is 217 g/mol. The first-order valence-electron chi connectivity index (χ1n) is 5.89. The van der Waals surface area contributed by atoms with Crippen LogP contribution in [-0.4, -0.2) is 4.98 Å². The fourth-order valence-electron chi connectivity index (χ4n) is 2.73. The summed E-state index contributed by atoms with van der Waals surface area (Å²) in [7, 11) is 0. The maximum absolute atomic E-state index is 4.75. The van der Waals surface area contributed by atoms with Gasteiger partial charge in [-0.3, -0.25) is 4.98 Å². The summed E-state index contributed by atoms with van der Waals surface area (Å²) in [5.41, 5.74) is 7.71. The van der Waals surface area contributed by atoms with E-state index >= 15 is 0 Å². The van der Waals surface area contributed by atoms with Gasteiger partial charge in [-0.25, -0.2) is 0 Å². The SMILES string of the molecule is c1ccc2nc3c(c-2cc1)-c1ccccc1C3. The van der Waals surface area contributed by atoms with E-state index in [1.165, 1.54) is 27.9 Å². The van der Waals surface area contributed by atoms with Gasteiger partial charge in [-0.1, -0.05) is 48.5 Å². The summed E-state index contributed by atoms with van der Waals surface area (Å²) in [6.07, 6.45) is 0.976. The Morgan fingerprint density at radius 2 is 1.53 bits per heavy atom. The summed E-state index contributed by atoms with van der Waals surface area (Å²) in [4.78, 5) is 4.75. The molecule has 3 aliphatic rings. The molecule has 1 aromatic rings. The van der Waals surface area contributed by atoms with Gasteiger partial charge in [0.25, 0.3) is 0 Å². The van der Waals surface area contributed by atoms with Crippen LogP contribution in [0.3, 0.4) is 0 Å². The van der Waals surface area contributed by atoms with Crippen LogP contribution >= 0.6 is 0 Å². The predicted octanol–water partition coefficient (Wildman–Crippen LogP) is 3.76. The maximum Gasteiger partial charge on any atom is 0.0712 e. The van der Waals surface area contributed by atoms with E-state index < -0.39 is 0 Å². The van der Waals surface area contributed by atoms with Crippen LogP contribution in [0, 0.1) is 0 Å². The molecular weight excluding hydrogens is 206 g/mol. The Labute approximate surface area is 100 Å². The second-order valence-electron chi connectivity index (χ2n) is 4.48. The Morgan fingerprint density at radius 1 is 0.765 bits per heavy atom. The lowest BCUT2D eigenvalue weighted by atomic mass is 10.0. The largest absolute Gasteiger partial charge is 0.252 e. The van der Waals surface area contributed by atoms with E-state index in [-0.39, 0.29) is 0 Å². The fourth-order valence-corrected chi connectivity index (χ4v) is 2.73. The van der Waals surface area contributed by atoms with Crippen LogP contribution in [0.4, 0.5) is 0 Å². The Bertz CT molecular complexity index is 685. The second-order valence-corrected chi connectivity index (χ2v) is 4.48. The lowest BCUT2D eigenvalue weighted by molar-refractivity contribution is 1.15. The van der Waals surface area contributed by atoms with Crippen molar-refractivity contribution in [2.24, 2.45) is 0 Å². The maximum atomic E-state index is 4.75. The summed E-state index contributed by atoms with van der Waals surface area (Å²) in [5.74, 6) is 0. The Balaban J connectivity index is 2.08. The Morgan fingerprint density at radius 3 is 2.53 bits per heavy atom. The molecule has 17 heavy (non-hydrogen) atoms. The van der Waals surface area contributed by atoms with Crippen molar-refractivity contribution in [1.29, 1.82) is 0 Å². The number of fused-ring (bicyclic) bond motifs is 5. The highest BCUT2D eigenvalue weighted by Gasteiger charge is 2.25. The van der Waals surface area contributed by atoms with E-state index in [0.717, 1.165) is 12.1 Å². The van der Waals surface area contributed by atoms with Crippen LogP contribution in [0.25, 0.3) is 22.4 Å². The predicted molar refractivity (Wildman–Crippen MR) is 69.1 cm³/mol. The van der Waals surface area contributed by atoms with Gasteiger partial charge in [0.05, 0.1) is 11.4 Å². The van der Waals surface area contributed by atoms with Gasteiger partial charge in [-0.05, 0) is 17.2 Å². The van der Waals surface area contributed by atoms with Gasteiger partial charge in [0.15, 0.2) is 0 Å². The van der Waals surface area contributed by atoms with E-state index in [2.05, 4.69) is 54.6 Å². The molecule has 1 heterocycles. The number of hydrogen-bond donors (Lipinski definition) is 0. The van der Waals surface area contributed by atoms with E-state index in [0.29, 0.717) is 0 Å². The molecule has 0 radical (unpaired) electrons. The molecule has 0 unspecified atom stereocenters. The molecule has 0 bridgehead atoms. The molecule has 80 valence electrons. The van der Waals surface area contributed by atoms with Crippen molar-refractivity contribution in [1.82, 2.24) is 4.98 Å². The van der Waals surface area contributed by atoms with Crippen molar-refractivity contribution in [3.8, 4) is 22.4 Å². The van der Waals surface area contributed by atoms with E-state index in [9.17, 15) is 0 Å². The lowest BCUT2D eigenvalue weighted by Crippen LogP contribution is -1.82. The number of nitrogens with zero attached hydrogens (tertiary/aromatic N) is 1. The van der Waals surface area contributed by atoms with Crippen molar-refractivity contribution < 1.29 is 0 Å². The highest BCUT2D eigenvalue weighted by Crippen LogP contribution is 2.43. The highest BCUT2D eigenvalue weighted by molar-refractivity contribution is 5.90. The van der Waals surface area contributed by atoms with Gasteiger partial charge in [-0.2, -0.15) is 0 Å². The minimum Gasteiger partial charge on any atom is -0.252 e. The molecule has 2 aliphatic carbocycles. The molecule has 0 amide bonds. The first-order valence-corrected chi connectivity index (χ1v) is 5.89. The van der Waals surface area contributed by atoms with Gasteiger partial charge in [0, 0.05) is 17.5 Å². The summed E-state index contributed by atoms with van der Waals surface area (Å²) >= 11 is 0. The number of rotatable bonds is 0. The minimum atomic E-state index is 0.976. The van der Waals surface area contributed by atoms with Crippen molar-refractivity contribution in [3.63, 3.8) is 0 Å². The van der Waals surface area contributed by atoms with Gasteiger partial charge in [-0.15, -0.1) is 0 Å². The van der Waals surface area contributed by atoms with Crippen LogP contribution in [0.1, 0.15) is 11.3 Å². The van der Waals surface area contributed by atoms with E-state index in [1.807, 2.05) is 0 Å². The van der Waals surface area contributed by atoms with E-state index in [1.54, 1.807) is 0 Å². The molecule has 4 rings (SSSR count). The third-order valence-electron chi connectivity index (χ3n) is 3.47. The summed E-state index contributed by atoms with van der Waals surface area (Å²) in [6.45, 7) is 0. The number of aromatic nitrogens is 1. The molecule has 1 nitrogen and oxygen atoms in total. The first-order chi connectivity index (χ1) is 8.43. The molecule has 1 heteroatoms. The average molecular weight is 217 g/mol. The molecule has 0 saturated heterocycles. The van der Waals surface area contributed by atoms with Crippen LogP contribution in [-0.2, 0) is 6.42 Å². The molecule has 0 spiro atoms. The minimum absolute atomic E-state index is 0.976. The lowest BCUT2D eigenvalue weighted by Gasteiger charge is -2.00. The summed E-state index contributed by atoms with van der Waals surface area (Å²) < 4.78 is 0. The topological polar surface area (TPSA) is 12.9 Å². The number of benzene rings is 1. The van der Waals surface area contributed by atoms with Crippen molar-refractivity contribution in [2.75, 3.05) is 0 Å². The zero-order valence-corrected chi connectivity index (χ0v) is 9.35. The van der Waals surface area contributed by atoms with Crippen molar-refractivity contribution in [2.45, 2.75) is 6.42 Å². The molecule has 0 aromatic heterocycles. The first kappa shape index (κ1) is 8.94. The summed E-state index contributed by atoms with van der Waals surface area (Å²) in [6, 6.07) is 19.1. The summed E-state index contributed by atoms with van der Waals surface area (Å²) in [5, 5.41) is 0. The third-order valence-corrected chi connectivity index (χ3v) is 3.47. The van der Waals surface area contributed by atoms with Crippen molar-refractivity contribution in [3.05, 3.63) is 65.9 Å². The normalized spacial score (nSPS) is 12.5. The molecule has 0 N–H and O–H groups in total. The average Bonchev–Trinajstić information content (AvgIpc) is 2.77. The second kappa shape index (κ2) is 3.17. The Kier molecular flexibility index (Phi) is 1.67. The fraction of sp³-hybridized carbons (Fsp3) is 0.0625. The molecule has 0 atom stereocenters. The quantitative estimate of drug-likeness (QED) is 0.437. The smallest absolute Gasteiger partial charge is 0.0712 e. The van der Waals surface area contributed by atoms with Crippen LogP contribution < -0.4 is 0 Å². The molecule has 0 fully saturated rings. The molecule has 0 saturated carbocycles. The molecular formula is C16H11N. The molecule has 1 aliphatic heterocycles. The Hall–Kier alpha value is -2.15. The standard InChI is InChI=1S/C16H11N/c1-2-8-13-14(9-3-1)17-15-10-11-6-4-5-7-12(11)16(13)15/h1-9H,10H2. The van der Waals surface area contributed by atoms with Crippen LogP contribution in [0.2, 0.25) is 0 Å². The van der Waals surface area contributed by atoms with Gasteiger partial charge in [0.2, 0.25) is 0 Å².